The van der Waals surface area contributed by atoms with Crippen LogP contribution in [0.1, 0.15) is 29.1 Å². The minimum atomic E-state index is -0.0487. The first kappa shape index (κ1) is 18.3. The third-order valence-corrected chi connectivity index (χ3v) is 5.47. The number of rotatable bonds is 4. The van der Waals surface area contributed by atoms with Crippen molar-refractivity contribution in [3.63, 3.8) is 0 Å². The topological polar surface area (TPSA) is 71.5 Å². The Hall–Kier alpha value is -3.12. The molecule has 0 saturated heterocycles. The molecule has 0 spiro atoms. The van der Waals surface area contributed by atoms with Crippen LogP contribution >= 0.6 is 11.3 Å². The number of benzene rings is 2. The number of nitrogens with zero attached hydrogens (tertiary/aromatic N) is 1. The monoisotopic (exact) mass is 392 g/mol. The molecule has 0 radical (unpaired) electrons. The molecule has 4 rings (SSSR count). The van der Waals surface area contributed by atoms with E-state index in [1.165, 1.54) is 0 Å². The maximum atomic E-state index is 12.5. The minimum absolute atomic E-state index is 0.0487. The van der Waals surface area contributed by atoms with E-state index in [-0.39, 0.29) is 17.7 Å². The molecular formula is C22H20N2O3S. The van der Waals surface area contributed by atoms with Crippen LogP contribution in [-0.4, -0.2) is 22.0 Å². The van der Waals surface area contributed by atoms with Gasteiger partial charge < -0.3 is 15.2 Å². The van der Waals surface area contributed by atoms with Crippen LogP contribution in [-0.2, 0) is 0 Å². The SMILES string of the molecule is Cc1sc2cc(Oc3ccnc4cc(O)ccc34)ccc2c1C(=O)NC(C)C. The maximum absolute atomic E-state index is 12.5. The highest BCUT2D eigenvalue weighted by Gasteiger charge is 2.17. The number of aryl methyl sites for hydroxylation is 1. The number of ether oxygens (including phenoxy) is 1. The van der Waals surface area contributed by atoms with Crippen molar-refractivity contribution < 1.29 is 14.6 Å². The second kappa shape index (κ2) is 7.13. The van der Waals surface area contributed by atoms with E-state index in [0.717, 1.165) is 25.9 Å². The van der Waals surface area contributed by atoms with Crippen molar-refractivity contribution in [2.24, 2.45) is 0 Å². The summed E-state index contributed by atoms with van der Waals surface area (Å²) in [4.78, 5) is 17.8. The second-order valence-corrected chi connectivity index (χ2v) is 8.19. The van der Waals surface area contributed by atoms with E-state index in [1.807, 2.05) is 39.0 Å². The third kappa shape index (κ3) is 3.39. The zero-order valence-electron chi connectivity index (χ0n) is 15.8. The largest absolute Gasteiger partial charge is 0.508 e. The van der Waals surface area contributed by atoms with Crippen molar-refractivity contribution in [3.05, 3.63) is 59.1 Å². The second-order valence-electron chi connectivity index (χ2n) is 6.93. The lowest BCUT2D eigenvalue weighted by Gasteiger charge is -2.10. The van der Waals surface area contributed by atoms with E-state index in [4.69, 9.17) is 4.74 Å². The number of hydrogen-bond acceptors (Lipinski definition) is 5. The Kier molecular flexibility index (Phi) is 4.65. The molecule has 2 aromatic carbocycles. The van der Waals surface area contributed by atoms with E-state index in [2.05, 4.69) is 10.3 Å². The molecule has 0 aliphatic heterocycles. The smallest absolute Gasteiger partial charge is 0.253 e. The Bertz CT molecular complexity index is 1200. The average Bonchev–Trinajstić information content (AvgIpc) is 2.96. The van der Waals surface area contributed by atoms with E-state index in [0.29, 0.717) is 17.0 Å². The molecule has 142 valence electrons. The molecule has 0 atom stereocenters. The summed E-state index contributed by atoms with van der Waals surface area (Å²) in [5.74, 6) is 1.47. The third-order valence-electron chi connectivity index (χ3n) is 4.40. The molecule has 1 amide bonds. The fraction of sp³-hybridized carbons (Fsp3) is 0.182. The molecule has 0 aliphatic rings. The highest BCUT2D eigenvalue weighted by atomic mass is 32.1. The van der Waals surface area contributed by atoms with E-state index in [1.54, 1.807) is 41.8 Å². The number of phenolic OH excluding ortho intramolecular Hbond substituents is 1. The lowest BCUT2D eigenvalue weighted by molar-refractivity contribution is 0.0944. The van der Waals surface area contributed by atoms with Crippen molar-refractivity contribution in [1.29, 1.82) is 0 Å². The standard InChI is InChI=1S/C22H20N2O3S/c1-12(2)24-22(26)21-13(3)28-20-11-15(5-7-17(20)21)27-19-8-9-23-18-10-14(25)4-6-16(18)19/h4-12,25H,1-3H3,(H,24,26). The highest BCUT2D eigenvalue weighted by Crippen LogP contribution is 2.36. The first-order valence-corrected chi connectivity index (χ1v) is 9.83. The lowest BCUT2D eigenvalue weighted by Crippen LogP contribution is -2.30. The molecule has 28 heavy (non-hydrogen) atoms. The first-order chi connectivity index (χ1) is 13.4. The summed E-state index contributed by atoms with van der Waals surface area (Å²) in [7, 11) is 0. The van der Waals surface area contributed by atoms with E-state index >= 15 is 0 Å². The number of amides is 1. The number of pyridine rings is 1. The quantitative estimate of drug-likeness (QED) is 0.488. The summed E-state index contributed by atoms with van der Waals surface area (Å²) in [6.45, 7) is 5.86. The fourth-order valence-electron chi connectivity index (χ4n) is 3.21. The van der Waals surface area contributed by atoms with Crippen LogP contribution < -0.4 is 10.1 Å². The number of hydrogen-bond donors (Lipinski definition) is 2. The van der Waals surface area contributed by atoms with Crippen LogP contribution in [0.15, 0.2) is 48.7 Å². The zero-order valence-corrected chi connectivity index (χ0v) is 16.6. The van der Waals surface area contributed by atoms with Crippen LogP contribution in [0.3, 0.4) is 0 Å². The first-order valence-electron chi connectivity index (χ1n) is 9.02. The maximum Gasteiger partial charge on any atom is 0.253 e. The van der Waals surface area contributed by atoms with Crippen molar-refractivity contribution in [2.75, 3.05) is 0 Å². The van der Waals surface area contributed by atoms with Crippen molar-refractivity contribution in [3.8, 4) is 17.2 Å². The molecule has 0 saturated carbocycles. The summed E-state index contributed by atoms with van der Waals surface area (Å²) >= 11 is 1.58. The molecule has 6 heteroatoms. The van der Waals surface area contributed by atoms with Crippen molar-refractivity contribution in [2.45, 2.75) is 26.8 Å². The number of aromatic hydroxyl groups is 1. The molecule has 2 N–H and O–H groups in total. The number of carbonyl (C=O) groups is 1. The van der Waals surface area contributed by atoms with Gasteiger partial charge in [0.1, 0.15) is 17.2 Å². The summed E-state index contributed by atoms with van der Waals surface area (Å²) in [6.07, 6.45) is 1.65. The fourth-order valence-corrected chi connectivity index (χ4v) is 4.30. The Morgan fingerprint density at radius 1 is 1.14 bits per heavy atom. The summed E-state index contributed by atoms with van der Waals surface area (Å²) in [5, 5.41) is 14.4. The molecule has 0 unspecified atom stereocenters. The van der Waals surface area contributed by atoms with Gasteiger partial charge in [-0.25, -0.2) is 0 Å². The van der Waals surface area contributed by atoms with Gasteiger partial charge in [0.05, 0.1) is 11.1 Å². The van der Waals surface area contributed by atoms with Gasteiger partial charge in [-0.2, -0.15) is 0 Å². The predicted molar refractivity (Wildman–Crippen MR) is 113 cm³/mol. The number of fused-ring (bicyclic) bond motifs is 2. The molecule has 5 nitrogen and oxygen atoms in total. The highest BCUT2D eigenvalue weighted by molar-refractivity contribution is 7.19. The van der Waals surface area contributed by atoms with Crippen LogP contribution in [0.25, 0.3) is 21.0 Å². The van der Waals surface area contributed by atoms with Gasteiger partial charge in [0.2, 0.25) is 0 Å². The Labute approximate surface area is 166 Å². The molecule has 2 heterocycles. The number of phenols is 1. The lowest BCUT2D eigenvalue weighted by atomic mass is 10.1. The van der Waals surface area contributed by atoms with Gasteiger partial charge in [-0.3, -0.25) is 9.78 Å². The van der Waals surface area contributed by atoms with Gasteiger partial charge >= 0.3 is 0 Å². The van der Waals surface area contributed by atoms with E-state index in [9.17, 15) is 9.90 Å². The molecule has 0 bridgehead atoms. The van der Waals surface area contributed by atoms with Gasteiger partial charge in [-0.05, 0) is 57.2 Å². The number of nitrogens with one attached hydrogen (secondary N) is 1. The molecular weight excluding hydrogens is 372 g/mol. The minimum Gasteiger partial charge on any atom is -0.508 e. The molecule has 0 aliphatic carbocycles. The van der Waals surface area contributed by atoms with Crippen molar-refractivity contribution in [1.82, 2.24) is 10.3 Å². The molecule has 2 aromatic heterocycles. The Morgan fingerprint density at radius 2 is 1.93 bits per heavy atom. The van der Waals surface area contributed by atoms with Crippen LogP contribution in [0.2, 0.25) is 0 Å². The summed E-state index contributed by atoms with van der Waals surface area (Å²) in [6, 6.07) is 12.6. The predicted octanol–water partition coefficient (Wildman–Crippen LogP) is 5.39. The Morgan fingerprint density at radius 3 is 2.71 bits per heavy atom. The Balaban J connectivity index is 1.71. The number of thiophene rings is 1. The normalized spacial score (nSPS) is 11.3. The zero-order chi connectivity index (χ0) is 19.8. The van der Waals surface area contributed by atoms with Gasteiger partial charge in [-0.15, -0.1) is 11.3 Å². The summed E-state index contributed by atoms with van der Waals surface area (Å²) in [5.41, 5.74) is 1.39. The summed E-state index contributed by atoms with van der Waals surface area (Å²) < 4.78 is 7.10. The van der Waals surface area contributed by atoms with Gasteiger partial charge in [0.25, 0.3) is 5.91 Å². The average molecular weight is 392 g/mol. The number of carbonyl (C=O) groups excluding carboxylic acids is 1. The number of aromatic nitrogens is 1. The molecule has 4 aromatic rings. The van der Waals surface area contributed by atoms with Crippen LogP contribution in [0.4, 0.5) is 0 Å². The van der Waals surface area contributed by atoms with Gasteiger partial charge in [-0.1, -0.05) is 0 Å². The van der Waals surface area contributed by atoms with E-state index < -0.39 is 0 Å². The van der Waals surface area contributed by atoms with Crippen molar-refractivity contribution >= 4 is 38.2 Å². The van der Waals surface area contributed by atoms with Gasteiger partial charge in [0, 0.05) is 38.7 Å². The van der Waals surface area contributed by atoms with Crippen LogP contribution in [0.5, 0.6) is 17.2 Å². The van der Waals surface area contributed by atoms with Crippen LogP contribution in [0, 0.1) is 6.92 Å². The van der Waals surface area contributed by atoms with Gasteiger partial charge in [0.15, 0.2) is 0 Å². The molecule has 0 fully saturated rings.